The Hall–Kier alpha value is -3.46. The van der Waals surface area contributed by atoms with Crippen LogP contribution in [0.25, 0.3) is 0 Å². The summed E-state index contributed by atoms with van der Waals surface area (Å²) >= 11 is 6.06. The molecule has 1 heterocycles. The van der Waals surface area contributed by atoms with Crippen molar-refractivity contribution in [2.75, 3.05) is 12.3 Å². The molecule has 0 fully saturated rings. The zero-order valence-corrected chi connectivity index (χ0v) is 23.8. The minimum atomic E-state index is -4.65. The maximum atomic E-state index is 13.3. The lowest BCUT2D eigenvalue weighted by molar-refractivity contribution is -0.137. The van der Waals surface area contributed by atoms with Crippen molar-refractivity contribution >= 4 is 43.3 Å². The van der Waals surface area contributed by atoms with Gasteiger partial charge in [0, 0.05) is 10.9 Å². The summed E-state index contributed by atoms with van der Waals surface area (Å²) in [6.45, 7) is 1.53. The zero-order valence-electron chi connectivity index (χ0n) is 21.5. The molecule has 0 aliphatic carbocycles. The predicted molar refractivity (Wildman–Crippen MR) is 151 cm³/mol. The van der Waals surface area contributed by atoms with Crippen molar-refractivity contribution in [3.8, 4) is 0 Å². The standard InChI is InChI=1S/C26H25ClF3N5O4S2/c1-17(16-40(31,36)37)32-25(34-41(38,39)22-13-9-20(10-14-22)26(28,29)30)35-15-23(18-5-3-2-4-6-18)24(33-35)19-7-11-21(27)12-8-19/h2-14,17,23H,15-16H2,1H3,(H,32,34)(H2,31,36,37)/t17-,23+/m0/s1. The first-order valence-corrected chi connectivity index (χ1v) is 15.7. The van der Waals surface area contributed by atoms with E-state index in [0.717, 1.165) is 17.7 Å². The van der Waals surface area contributed by atoms with Crippen LogP contribution in [0.3, 0.4) is 0 Å². The number of guanidine groups is 1. The Balaban J connectivity index is 1.76. The van der Waals surface area contributed by atoms with E-state index in [9.17, 15) is 30.0 Å². The fraction of sp³-hybridized carbons (Fsp3) is 0.231. The molecule has 41 heavy (non-hydrogen) atoms. The van der Waals surface area contributed by atoms with Crippen LogP contribution in [0.15, 0.2) is 93.9 Å². The lowest BCUT2D eigenvalue weighted by Crippen LogP contribution is -2.42. The Kier molecular flexibility index (Phi) is 8.78. The predicted octanol–water partition coefficient (Wildman–Crippen LogP) is 4.17. The second-order valence-corrected chi connectivity index (χ2v) is 13.1. The van der Waals surface area contributed by atoms with Crippen LogP contribution in [0, 0.1) is 0 Å². The van der Waals surface area contributed by atoms with E-state index in [1.165, 1.54) is 11.9 Å². The summed E-state index contributed by atoms with van der Waals surface area (Å²) in [5.41, 5.74) is 1.11. The number of nitrogens with two attached hydrogens (primary N) is 1. The van der Waals surface area contributed by atoms with Gasteiger partial charge in [0.2, 0.25) is 16.0 Å². The zero-order chi connectivity index (χ0) is 30.0. The van der Waals surface area contributed by atoms with Gasteiger partial charge in [-0.3, -0.25) is 0 Å². The van der Waals surface area contributed by atoms with Gasteiger partial charge in [0.15, 0.2) is 0 Å². The van der Waals surface area contributed by atoms with Gasteiger partial charge in [-0.1, -0.05) is 54.1 Å². The Morgan fingerprint density at radius 3 is 2.22 bits per heavy atom. The van der Waals surface area contributed by atoms with Gasteiger partial charge in [0.25, 0.3) is 10.0 Å². The van der Waals surface area contributed by atoms with Gasteiger partial charge in [-0.25, -0.2) is 36.7 Å². The molecule has 0 bridgehead atoms. The number of hydrogen-bond acceptors (Lipinski definition) is 6. The second kappa shape index (κ2) is 11.8. The number of primary sulfonamides is 1. The highest BCUT2D eigenvalue weighted by atomic mass is 35.5. The summed E-state index contributed by atoms with van der Waals surface area (Å²) in [7, 11) is -8.45. The number of aliphatic imine (C=N–C) groups is 1. The Morgan fingerprint density at radius 2 is 1.66 bits per heavy atom. The molecule has 1 aliphatic rings. The van der Waals surface area contributed by atoms with E-state index in [2.05, 4.69) is 14.8 Å². The van der Waals surface area contributed by atoms with Crippen molar-refractivity contribution in [3.63, 3.8) is 0 Å². The summed E-state index contributed by atoms with van der Waals surface area (Å²) in [6, 6.07) is 18.1. The minimum Gasteiger partial charge on any atom is -0.248 e. The number of benzene rings is 3. The van der Waals surface area contributed by atoms with Crippen molar-refractivity contribution in [2.45, 2.75) is 30.0 Å². The number of sulfonamides is 2. The SMILES string of the molecule is C[C@@H](CS(N)(=O)=O)N=C(NS(=O)(=O)c1ccc(C(F)(F)F)cc1)N1C[C@H](c2ccccc2)C(c2ccc(Cl)cc2)=N1. The van der Waals surface area contributed by atoms with E-state index < -0.39 is 48.5 Å². The highest BCUT2D eigenvalue weighted by Crippen LogP contribution is 2.31. The van der Waals surface area contributed by atoms with Crippen molar-refractivity contribution in [1.29, 1.82) is 0 Å². The Labute approximate surface area is 240 Å². The number of hydrogen-bond donors (Lipinski definition) is 2. The monoisotopic (exact) mass is 627 g/mol. The highest BCUT2D eigenvalue weighted by molar-refractivity contribution is 7.90. The molecule has 0 aromatic heterocycles. The van der Waals surface area contributed by atoms with E-state index in [1.807, 2.05) is 30.3 Å². The first-order valence-electron chi connectivity index (χ1n) is 12.1. The number of hydrazone groups is 1. The van der Waals surface area contributed by atoms with Gasteiger partial charge in [-0.05, 0) is 54.4 Å². The second-order valence-electron chi connectivity index (χ2n) is 9.30. The van der Waals surface area contributed by atoms with Crippen LogP contribution >= 0.6 is 11.6 Å². The molecule has 0 radical (unpaired) electrons. The Morgan fingerprint density at radius 1 is 1.05 bits per heavy atom. The maximum Gasteiger partial charge on any atom is 0.416 e. The third-order valence-corrected chi connectivity index (χ3v) is 8.58. The smallest absolute Gasteiger partial charge is 0.248 e. The van der Waals surface area contributed by atoms with Gasteiger partial charge >= 0.3 is 6.18 Å². The molecule has 3 N–H and O–H groups in total. The molecule has 0 amide bonds. The molecule has 3 aromatic carbocycles. The highest BCUT2D eigenvalue weighted by Gasteiger charge is 2.34. The molecule has 218 valence electrons. The third kappa shape index (κ3) is 7.85. The van der Waals surface area contributed by atoms with Crippen LogP contribution in [0.1, 0.15) is 29.5 Å². The van der Waals surface area contributed by atoms with Gasteiger partial charge in [0.05, 0.1) is 34.5 Å². The summed E-state index contributed by atoms with van der Waals surface area (Å²) in [5, 5.41) is 11.6. The van der Waals surface area contributed by atoms with Crippen molar-refractivity contribution in [2.24, 2.45) is 15.2 Å². The van der Waals surface area contributed by atoms with Crippen LogP contribution in [0.5, 0.6) is 0 Å². The van der Waals surface area contributed by atoms with E-state index >= 15 is 0 Å². The maximum absolute atomic E-state index is 13.3. The van der Waals surface area contributed by atoms with Crippen LogP contribution in [-0.2, 0) is 26.2 Å². The molecule has 0 saturated heterocycles. The van der Waals surface area contributed by atoms with Crippen molar-refractivity contribution in [3.05, 3.63) is 101 Å². The number of halogens is 4. The van der Waals surface area contributed by atoms with Crippen LogP contribution in [-0.4, -0.2) is 51.9 Å². The van der Waals surface area contributed by atoms with E-state index in [4.69, 9.17) is 16.7 Å². The number of nitrogens with zero attached hydrogens (tertiary/aromatic N) is 3. The number of rotatable bonds is 7. The lowest BCUT2D eigenvalue weighted by Gasteiger charge is -2.21. The van der Waals surface area contributed by atoms with Crippen molar-refractivity contribution < 1.29 is 30.0 Å². The van der Waals surface area contributed by atoms with Crippen LogP contribution in [0.4, 0.5) is 13.2 Å². The molecule has 15 heteroatoms. The molecule has 4 rings (SSSR count). The first kappa shape index (κ1) is 30.5. The minimum absolute atomic E-state index is 0.110. The average Bonchev–Trinajstić information content (AvgIpc) is 3.33. The molecular formula is C26H25ClF3N5O4S2. The average molecular weight is 628 g/mol. The van der Waals surface area contributed by atoms with Gasteiger partial charge in [0.1, 0.15) is 0 Å². The normalized spacial score (nSPS) is 17.3. The van der Waals surface area contributed by atoms with E-state index in [-0.39, 0.29) is 18.4 Å². The van der Waals surface area contributed by atoms with Gasteiger partial charge < -0.3 is 0 Å². The summed E-state index contributed by atoms with van der Waals surface area (Å²) < 4.78 is 91.2. The largest absolute Gasteiger partial charge is 0.416 e. The first-order chi connectivity index (χ1) is 19.1. The summed E-state index contributed by atoms with van der Waals surface area (Å²) in [6.07, 6.45) is -4.65. The molecule has 2 atom stereocenters. The van der Waals surface area contributed by atoms with E-state index in [0.29, 0.717) is 28.4 Å². The fourth-order valence-electron chi connectivity index (χ4n) is 4.19. The van der Waals surface area contributed by atoms with Gasteiger partial charge in [-0.2, -0.15) is 18.3 Å². The topological polar surface area (TPSA) is 134 Å². The van der Waals surface area contributed by atoms with Crippen LogP contribution < -0.4 is 9.86 Å². The molecule has 0 unspecified atom stereocenters. The molecule has 3 aromatic rings. The van der Waals surface area contributed by atoms with Crippen LogP contribution in [0.2, 0.25) is 5.02 Å². The molecule has 9 nitrogen and oxygen atoms in total. The fourth-order valence-corrected chi connectivity index (χ4v) is 6.08. The summed E-state index contributed by atoms with van der Waals surface area (Å²) in [4.78, 5) is 3.81. The molecule has 1 aliphatic heterocycles. The number of alkyl halides is 3. The molecule has 0 saturated carbocycles. The molecular weight excluding hydrogens is 603 g/mol. The van der Waals surface area contributed by atoms with Gasteiger partial charge in [-0.15, -0.1) is 0 Å². The lowest BCUT2D eigenvalue weighted by atomic mass is 9.91. The Bertz CT molecular complexity index is 1660. The quantitative estimate of drug-likeness (QED) is 0.300. The third-order valence-electron chi connectivity index (χ3n) is 6.03. The number of nitrogens with one attached hydrogen (secondary N) is 1. The van der Waals surface area contributed by atoms with Crippen molar-refractivity contribution in [1.82, 2.24) is 9.73 Å². The summed E-state index contributed by atoms with van der Waals surface area (Å²) in [5.74, 6) is -1.28. The molecule has 0 spiro atoms. The van der Waals surface area contributed by atoms with E-state index in [1.54, 1.807) is 24.3 Å².